The zero-order valence-electron chi connectivity index (χ0n) is 8.04. The molecular formula is C10H9BrCl2N2. The Morgan fingerprint density at radius 1 is 1.27 bits per heavy atom. The van der Waals surface area contributed by atoms with Crippen LogP contribution in [0, 0.1) is 0 Å². The van der Waals surface area contributed by atoms with Gasteiger partial charge in [-0.1, -0.05) is 29.3 Å². The molecule has 0 bridgehead atoms. The van der Waals surface area contributed by atoms with E-state index in [1.807, 2.05) is 41.2 Å². The van der Waals surface area contributed by atoms with Crippen LogP contribution in [-0.4, -0.2) is 18.6 Å². The average molecular weight is 308 g/mol. The molecule has 0 aromatic heterocycles. The highest BCUT2D eigenvalue weighted by atomic mass is 79.9. The minimum absolute atomic E-state index is 0.656. The van der Waals surface area contributed by atoms with Gasteiger partial charge >= 0.3 is 0 Å². The molecule has 0 N–H and O–H groups in total. The summed E-state index contributed by atoms with van der Waals surface area (Å²) < 4.78 is 0.958. The van der Waals surface area contributed by atoms with Crippen LogP contribution in [-0.2, 0) is 0 Å². The van der Waals surface area contributed by atoms with E-state index < -0.39 is 0 Å². The second-order valence-electron chi connectivity index (χ2n) is 3.35. The first-order valence-electron chi connectivity index (χ1n) is 4.38. The molecule has 1 aliphatic heterocycles. The third-order valence-corrected chi connectivity index (χ3v) is 3.40. The molecule has 1 aromatic rings. The van der Waals surface area contributed by atoms with Gasteiger partial charge in [0.05, 0.1) is 22.4 Å². The molecule has 80 valence electrons. The van der Waals surface area contributed by atoms with Crippen molar-refractivity contribution < 1.29 is 0 Å². The van der Waals surface area contributed by atoms with Crippen LogP contribution in [0.15, 0.2) is 29.0 Å². The topological polar surface area (TPSA) is 6.48 Å². The Morgan fingerprint density at radius 3 is 2.33 bits per heavy atom. The van der Waals surface area contributed by atoms with E-state index in [1.54, 1.807) is 0 Å². The van der Waals surface area contributed by atoms with Crippen LogP contribution in [0.4, 0.5) is 5.69 Å². The zero-order chi connectivity index (χ0) is 11.0. The normalized spacial score (nSPS) is 15.9. The molecule has 2 rings (SSSR count). The van der Waals surface area contributed by atoms with Gasteiger partial charge < -0.3 is 9.80 Å². The quantitative estimate of drug-likeness (QED) is 0.726. The highest BCUT2D eigenvalue weighted by Gasteiger charge is 2.22. The minimum Gasteiger partial charge on any atom is -0.360 e. The molecular weight excluding hydrogens is 299 g/mol. The van der Waals surface area contributed by atoms with Gasteiger partial charge in [-0.25, -0.2) is 0 Å². The molecule has 1 heterocycles. The Bertz CT molecular complexity index is 400. The molecule has 0 saturated heterocycles. The maximum atomic E-state index is 6.13. The fraction of sp³-hybridized carbons (Fsp3) is 0.200. The summed E-state index contributed by atoms with van der Waals surface area (Å²) in [5.41, 5.74) is 0.841. The van der Waals surface area contributed by atoms with Crippen molar-refractivity contribution in [1.82, 2.24) is 4.90 Å². The molecule has 0 saturated carbocycles. The van der Waals surface area contributed by atoms with E-state index in [2.05, 4.69) is 15.9 Å². The highest BCUT2D eigenvalue weighted by molar-refractivity contribution is 9.11. The van der Waals surface area contributed by atoms with Gasteiger partial charge in [-0.05, 0) is 28.1 Å². The van der Waals surface area contributed by atoms with Crippen molar-refractivity contribution in [1.29, 1.82) is 0 Å². The second kappa shape index (κ2) is 4.24. The largest absolute Gasteiger partial charge is 0.360 e. The highest BCUT2D eigenvalue weighted by Crippen LogP contribution is 2.38. The molecule has 0 unspecified atom stereocenters. The summed E-state index contributed by atoms with van der Waals surface area (Å²) in [5, 5.41) is 1.31. The van der Waals surface area contributed by atoms with Crippen LogP contribution >= 0.6 is 39.1 Å². The first kappa shape index (κ1) is 11.1. The monoisotopic (exact) mass is 306 g/mol. The fourth-order valence-electron chi connectivity index (χ4n) is 1.51. The van der Waals surface area contributed by atoms with Crippen molar-refractivity contribution in [2.45, 2.75) is 0 Å². The summed E-state index contributed by atoms with van der Waals surface area (Å²) in [6, 6.07) is 5.51. The smallest absolute Gasteiger partial charge is 0.103 e. The maximum absolute atomic E-state index is 6.13. The average Bonchev–Trinajstić information content (AvgIpc) is 2.45. The third kappa shape index (κ3) is 2.10. The zero-order valence-corrected chi connectivity index (χ0v) is 11.1. The summed E-state index contributed by atoms with van der Waals surface area (Å²) in [7, 11) is 1.99. The van der Waals surface area contributed by atoms with Crippen molar-refractivity contribution in [3.05, 3.63) is 39.1 Å². The molecule has 0 aliphatic carbocycles. The number of hydrogen-bond donors (Lipinski definition) is 0. The van der Waals surface area contributed by atoms with Crippen LogP contribution in [0.3, 0.4) is 0 Å². The summed E-state index contributed by atoms with van der Waals surface area (Å²) in [4.78, 5) is 4.06. The number of rotatable bonds is 1. The van der Waals surface area contributed by atoms with E-state index in [9.17, 15) is 0 Å². The second-order valence-corrected chi connectivity index (χ2v) is 4.98. The molecule has 0 radical (unpaired) electrons. The van der Waals surface area contributed by atoms with Crippen molar-refractivity contribution >= 4 is 44.8 Å². The van der Waals surface area contributed by atoms with Crippen LogP contribution in [0.5, 0.6) is 0 Å². The summed E-state index contributed by atoms with van der Waals surface area (Å²) in [6.07, 6.45) is 1.99. The summed E-state index contributed by atoms with van der Waals surface area (Å²) in [6.45, 7) is 0.740. The Hall–Kier alpha value is -0.380. The van der Waals surface area contributed by atoms with Gasteiger partial charge in [0.1, 0.15) is 4.61 Å². The molecule has 0 fully saturated rings. The molecule has 5 heteroatoms. The molecule has 0 spiro atoms. The van der Waals surface area contributed by atoms with Crippen molar-refractivity contribution in [2.75, 3.05) is 18.6 Å². The lowest BCUT2D eigenvalue weighted by atomic mass is 10.3. The van der Waals surface area contributed by atoms with E-state index in [4.69, 9.17) is 23.2 Å². The molecule has 1 aliphatic rings. The molecule has 1 aromatic carbocycles. The number of anilines is 1. The number of halogens is 3. The summed E-state index contributed by atoms with van der Waals surface area (Å²) >= 11 is 15.7. The van der Waals surface area contributed by atoms with Crippen molar-refractivity contribution in [3.8, 4) is 0 Å². The SMILES string of the molecule is CN1C=C(Br)N(c2c(Cl)cccc2Cl)C1. The first-order valence-corrected chi connectivity index (χ1v) is 5.93. The Balaban J connectivity index is 2.43. The van der Waals surface area contributed by atoms with E-state index in [0.717, 1.165) is 17.0 Å². The van der Waals surface area contributed by atoms with E-state index in [0.29, 0.717) is 10.0 Å². The van der Waals surface area contributed by atoms with E-state index >= 15 is 0 Å². The van der Waals surface area contributed by atoms with Gasteiger partial charge in [0.15, 0.2) is 0 Å². The van der Waals surface area contributed by atoms with Crippen LogP contribution in [0.25, 0.3) is 0 Å². The molecule has 0 atom stereocenters. The number of nitrogens with zero attached hydrogens (tertiary/aromatic N) is 2. The number of hydrogen-bond acceptors (Lipinski definition) is 2. The fourth-order valence-corrected chi connectivity index (χ4v) is 2.75. The summed E-state index contributed by atoms with van der Waals surface area (Å²) in [5.74, 6) is 0. The van der Waals surface area contributed by atoms with Gasteiger partial charge in [-0.15, -0.1) is 0 Å². The minimum atomic E-state index is 0.656. The van der Waals surface area contributed by atoms with Crippen LogP contribution in [0.2, 0.25) is 10.0 Å². The van der Waals surface area contributed by atoms with Gasteiger partial charge in [0.25, 0.3) is 0 Å². The Morgan fingerprint density at radius 2 is 1.87 bits per heavy atom. The predicted octanol–water partition coefficient (Wildman–Crippen LogP) is 3.90. The van der Waals surface area contributed by atoms with Gasteiger partial charge in [0, 0.05) is 13.2 Å². The Kier molecular flexibility index (Phi) is 3.14. The molecule has 15 heavy (non-hydrogen) atoms. The lowest BCUT2D eigenvalue weighted by molar-refractivity contribution is 0.496. The van der Waals surface area contributed by atoms with Gasteiger partial charge in [0.2, 0.25) is 0 Å². The van der Waals surface area contributed by atoms with Crippen molar-refractivity contribution in [2.24, 2.45) is 0 Å². The number of benzene rings is 1. The molecule has 2 nitrogen and oxygen atoms in total. The standard InChI is InChI=1S/C10H9BrCl2N2/c1-14-5-9(11)15(6-14)10-7(12)3-2-4-8(10)13/h2-5H,6H2,1H3. The Labute approximate surface area is 107 Å². The van der Waals surface area contributed by atoms with Gasteiger partial charge in [-0.2, -0.15) is 0 Å². The van der Waals surface area contributed by atoms with Gasteiger partial charge in [-0.3, -0.25) is 0 Å². The van der Waals surface area contributed by atoms with Crippen LogP contribution < -0.4 is 4.90 Å². The van der Waals surface area contributed by atoms with Crippen molar-refractivity contribution in [3.63, 3.8) is 0 Å². The van der Waals surface area contributed by atoms with E-state index in [-0.39, 0.29) is 0 Å². The molecule has 0 amide bonds. The maximum Gasteiger partial charge on any atom is 0.103 e. The lowest BCUT2D eigenvalue weighted by Crippen LogP contribution is -2.23. The lowest BCUT2D eigenvalue weighted by Gasteiger charge is -2.22. The van der Waals surface area contributed by atoms with E-state index in [1.165, 1.54) is 0 Å². The predicted molar refractivity (Wildman–Crippen MR) is 68.6 cm³/mol. The first-order chi connectivity index (χ1) is 7.09. The number of para-hydroxylation sites is 1. The third-order valence-electron chi connectivity index (χ3n) is 2.16. The van der Waals surface area contributed by atoms with Crippen LogP contribution in [0.1, 0.15) is 0 Å².